The van der Waals surface area contributed by atoms with Crippen molar-refractivity contribution in [3.05, 3.63) is 0 Å². The van der Waals surface area contributed by atoms with Crippen molar-refractivity contribution in [1.29, 1.82) is 0 Å². The second kappa shape index (κ2) is 8.86. The topological polar surface area (TPSA) is 80.9 Å². The van der Waals surface area contributed by atoms with Crippen LogP contribution in [0.5, 0.6) is 0 Å². The molecule has 0 spiro atoms. The SMILES string of the molecule is CCCCCCC(C)(C)CC(O)C(O)C(O)CO. The molecular weight excluding hydrogens is 232 g/mol. The van der Waals surface area contributed by atoms with Gasteiger partial charge in [0.25, 0.3) is 0 Å². The first-order valence-electron chi connectivity index (χ1n) is 6.99. The maximum atomic E-state index is 9.84. The summed E-state index contributed by atoms with van der Waals surface area (Å²) in [5.74, 6) is 0. The number of rotatable bonds is 10. The van der Waals surface area contributed by atoms with E-state index in [9.17, 15) is 15.3 Å². The van der Waals surface area contributed by atoms with Crippen LogP contribution in [-0.2, 0) is 0 Å². The maximum Gasteiger partial charge on any atom is 0.108 e. The van der Waals surface area contributed by atoms with Gasteiger partial charge in [0.15, 0.2) is 0 Å². The Morgan fingerprint density at radius 3 is 2.06 bits per heavy atom. The average Bonchev–Trinajstić information content (AvgIpc) is 2.32. The third kappa shape index (κ3) is 7.31. The minimum Gasteiger partial charge on any atom is -0.394 e. The van der Waals surface area contributed by atoms with Crippen molar-refractivity contribution in [2.75, 3.05) is 6.61 Å². The van der Waals surface area contributed by atoms with Gasteiger partial charge in [0.05, 0.1) is 12.7 Å². The van der Waals surface area contributed by atoms with Crippen LogP contribution in [0.15, 0.2) is 0 Å². The lowest BCUT2D eigenvalue weighted by molar-refractivity contribution is -0.0876. The van der Waals surface area contributed by atoms with Gasteiger partial charge in [0, 0.05) is 0 Å². The van der Waals surface area contributed by atoms with Crippen molar-refractivity contribution in [3.8, 4) is 0 Å². The van der Waals surface area contributed by atoms with Crippen molar-refractivity contribution < 1.29 is 20.4 Å². The summed E-state index contributed by atoms with van der Waals surface area (Å²) in [5, 5.41) is 37.4. The molecule has 18 heavy (non-hydrogen) atoms. The van der Waals surface area contributed by atoms with Gasteiger partial charge in [-0.1, -0.05) is 46.5 Å². The molecule has 0 heterocycles. The van der Waals surface area contributed by atoms with Crippen molar-refractivity contribution in [2.45, 2.75) is 77.6 Å². The second-order valence-electron chi connectivity index (χ2n) is 5.99. The molecule has 110 valence electrons. The molecular formula is C14H30O4. The fourth-order valence-corrected chi connectivity index (χ4v) is 2.18. The second-order valence-corrected chi connectivity index (χ2v) is 5.99. The van der Waals surface area contributed by atoms with Crippen LogP contribution in [0.4, 0.5) is 0 Å². The van der Waals surface area contributed by atoms with Crippen LogP contribution >= 0.6 is 0 Å². The molecule has 0 rings (SSSR count). The standard InChI is InChI=1S/C14H30O4/c1-4-5-6-7-8-14(2,3)9-11(16)13(18)12(17)10-15/h11-13,15-18H,4-10H2,1-3H3. The van der Waals surface area contributed by atoms with Crippen molar-refractivity contribution in [2.24, 2.45) is 5.41 Å². The smallest absolute Gasteiger partial charge is 0.108 e. The molecule has 0 amide bonds. The number of aliphatic hydroxyl groups excluding tert-OH is 4. The number of hydrogen-bond donors (Lipinski definition) is 4. The minimum atomic E-state index is -1.27. The van der Waals surface area contributed by atoms with Gasteiger partial charge in [-0.15, -0.1) is 0 Å². The van der Waals surface area contributed by atoms with Crippen molar-refractivity contribution in [3.63, 3.8) is 0 Å². The van der Waals surface area contributed by atoms with Crippen molar-refractivity contribution in [1.82, 2.24) is 0 Å². The third-order valence-electron chi connectivity index (χ3n) is 3.44. The van der Waals surface area contributed by atoms with E-state index in [1.807, 2.05) is 0 Å². The summed E-state index contributed by atoms with van der Waals surface area (Å²) in [6, 6.07) is 0. The number of aliphatic hydroxyl groups is 4. The van der Waals surface area contributed by atoms with Crippen LogP contribution < -0.4 is 0 Å². The van der Waals surface area contributed by atoms with Gasteiger partial charge < -0.3 is 20.4 Å². The molecule has 4 nitrogen and oxygen atoms in total. The van der Waals surface area contributed by atoms with Crippen LogP contribution in [-0.4, -0.2) is 45.3 Å². The molecule has 0 saturated carbocycles. The summed E-state index contributed by atoms with van der Waals surface area (Å²) in [6.07, 6.45) is 2.62. The summed E-state index contributed by atoms with van der Waals surface area (Å²) in [5.41, 5.74) is -0.0662. The van der Waals surface area contributed by atoms with E-state index in [2.05, 4.69) is 20.8 Å². The van der Waals surface area contributed by atoms with Gasteiger partial charge in [-0.05, 0) is 18.3 Å². The highest BCUT2D eigenvalue weighted by molar-refractivity contribution is 4.81. The third-order valence-corrected chi connectivity index (χ3v) is 3.44. The molecule has 0 fully saturated rings. The molecule has 0 aliphatic carbocycles. The van der Waals surface area contributed by atoms with E-state index < -0.39 is 24.9 Å². The Bertz CT molecular complexity index is 206. The van der Waals surface area contributed by atoms with E-state index in [1.54, 1.807) is 0 Å². The normalized spacial score (nSPS) is 17.5. The minimum absolute atomic E-state index is 0.0662. The fraction of sp³-hybridized carbons (Fsp3) is 1.00. The summed E-state index contributed by atoms with van der Waals surface area (Å²) in [6.45, 7) is 5.75. The Balaban J connectivity index is 4.05. The molecule has 0 radical (unpaired) electrons. The van der Waals surface area contributed by atoms with Gasteiger partial charge >= 0.3 is 0 Å². The molecule has 0 aromatic carbocycles. The molecule has 4 N–H and O–H groups in total. The largest absolute Gasteiger partial charge is 0.394 e. The van der Waals surface area contributed by atoms with Gasteiger partial charge in [-0.3, -0.25) is 0 Å². The highest BCUT2D eigenvalue weighted by Crippen LogP contribution is 2.30. The van der Waals surface area contributed by atoms with Crippen LogP contribution in [0.25, 0.3) is 0 Å². The fourth-order valence-electron chi connectivity index (χ4n) is 2.18. The molecule has 0 aliphatic heterocycles. The van der Waals surface area contributed by atoms with E-state index in [4.69, 9.17) is 5.11 Å². The predicted octanol–water partition coefficient (Wildman–Crippen LogP) is 1.45. The lowest BCUT2D eigenvalue weighted by Crippen LogP contribution is -2.41. The molecule has 3 unspecified atom stereocenters. The Kier molecular flexibility index (Phi) is 8.78. The summed E-state index contributed by atoms with van der Waals surface area (Å²) in [7, 11) is 0. The summed E-state index contributed by atoms with van der Waals surface area (Å²) >= 11 is 0. The van der Waals surface area contributed by atoms with Crippen LogP contribution in [0.2, 0.25) is 0 Å². The van der Waals surface area contributed by atoms with E-state index in [0.717, 1.165) is 12.8 Å². The molecule has 0 aromatic rings. The first-order valence-corrected chi connectivity index (χ1v) is 6.99. The van der Waals surface area contributed by atoms with Crippen molar-refractivity contribution >= 4 is 0 Å². The lowest BCUT2D eigenvalue weighted by atomic mass is 9.80. The summed E-state index contributed by atoms with van der Waals surface area (Å²) in [4.78, 5) is 0. The van der Waals surface area contributed by atoms with Crippen LogP contribution in [0.3, 0.4) is 0 Å². The monoisotopic (exact) mass is 262 g/mol. The average molecular weight is 262 g/mol. The first-order chi connectivity index (χ1) is 8.34. The number of unbranched alkanes of at least 4 members (excludes halogenated alkanes) is 3. The van der Waals surface area contributed by atoms with Crippen LogP contribution in [0.1, 0.15) is 59.3 Å². The van der Waals surface area contributed by atoms with Gasteiger partial charge in [-0.2, -0.15) is 0 Å². The highest BCUT2D eigenvalue weighted by atomic mass is 16.4. The molecule has 3 atom stereocenters. The van der Waals surface area contributed by atoms with E-state index in [1.165, 1.54) is 19.3 Å². The zero-order valence-electron chi connectivity index (χ0n) is 12.0. The quantitative estimate of drug-likeness (QED) is 0.449. The Hall–Kier alpha value is -0.160. The van der Waals surface area contributed by atoms with Gasteiger partial charge in [0.1, 0.15) is 12.2 Å². The van der Waals surface area contributed by atoms with Gasteiger partial charge in [-0.25, -0.2) is 0 Å². The molecule has 0 saturated heterocycles. The summed E-state index contributed by atoms with van der Waals surface area (Å²) < 4.78 is 0. The Labute approximate surface area is 111 Å². The molecule has 0 aromatic heterocycles. The van der Waals surface area contributed by atoms with Gasteiger partial charge in [0.2, 0.25) is 0 Å². The molecule has 0 bridgehead atoms. The lowest BCUT2D eigenvalue weighted by Gasteiger charge is -2.30. The Morgan fingerprint density at radius 1 is 0.944 bits per heavy atom. The van der Waals surface area contributed by atoms with E-state index in [-0.39, 0.29) is 5.41 Å². The number of hydrogen-bond acceptors (Lipinski definition) is 4. The highest BCUT2D eigenvalue weighted by Gasteiger charge is 2.29. The predicted molar refractivity (Wildman–Crippen MR) is 72.3 cm³/mol. The van der Waals surface area contributed by atoms with E-state index in [0.29, 0.717) is 6.42 Å². The molecule has 0 aliphatic rings. The Morgan fingerprint density at radius 2 is 1.56 bits per heavy atom. The van der Waals surface area contributed by atoms with E-state index >= 15 is 0 Å². The first kappa shape index (κ1) is 17.8. The van der Waals surface area contributed by atoms with Crippen LogP contribution in [0, 0.1) is 5.41 Å². The zero-order valence-corrected chi connectivity index (χ0v) is 12.0. The molecule has 4 heteroatoms. The maximum absolute atomic E-state index is 9.84. The zero-order chi connectivity index (χ0) is 14.2.